The molecule has 0 bridgehead atoms. The van der Waals surface area contributed by atoms with Crippen LogP contribution in [0.3, 0.4) is 0 Å². The largest absolute Gasteiger partial charge is 0.446 e. The van der Waals surface area contributed by atoms with Crippen molar-refractivity contribution in [3.8, 4) is 0 Å². The predicted molar refractivity (Wildman–Crippen MR) is 103 cm³/mol. The van der Waals surface area contributed by atoms with E-state index in [0.29, 0.717) is 18.8 Å². The number of carbonyl (C=O) groups excluding carboxylic acids is 2. The summed E-state index contributed by atoms with van der Waals surface area (Å²) in [6, 6.07) is 1.86. The smallest absolute Gasteiger partial charge is 0.409 e. The van der Waals surface area contributed by atoms with E-state index < -0.39 is 0 Å². The normalized spacial score (nSPS) is 19.1. The van der Waals surface area contributed by atoms with Crippen LogP contribution in [0.1, 0.15) is 47.7 Å². The second-order valence-electron chi connectivity index (χ2n) is 6.81. The van der Waals surface area contributed by atoms with Gasteiger partial charge in [-0.2, -0.15) is 5.10 Å². The van der Waals surface area contributed by atoms with Gasteiger partial charge in [-0.25, -0.2) is 9.78 Å². The minimum Gasteiger partial charge on any atom is -0.446 e. The number of hydrogen-bond donors (Lipinski definition) is 2. The first-order valence-electron chi connectivity index (χ1n) is 9.12. The average molecular weight is 391 g/mol. The number of aromatic amines is 1. The van der Waals surface area contributed by atoms with Crippen molar-refractivity contribution < 1.29 is 14.3 Å². The zero-order chi connectivity index (χ0) is 19.4. The molecule has 1 fully saturated rings. The van der Waals surface area contributed by atoms with E-state index in [0.717, 1.165) is 34.8 Å². The summed E-state index contributed by atoms with van der Waals surface area (Å²) in [6.07, 6.45) is 4.18. The third-order valence-corrected chi connectivity index (χ3v) is 5.66. The lowest BCUT2D eigenvalue weighted by Crippen LogP contribution is -2.30. The molecule has 2 N–H and O–H groups in total. The van der Waals surface area contributed by atoms with Crippen LogP contribution >= 0.6 is 11.3 Å². The Morgan fingerprint density at radius 1 is 1.44 bits per heavy atom. The Balaban J connectivity index is 1.50. The third kappa shape index (κ3) is 5.06. The Hall–Kier alpha value is -2.42. The van der Waals surface area contributed by atoms with Gasteiger partial charge in [0.05, 0.1) is 11.4 Å². The van der Waals surface area contributed by atoms with Gasteiger partial charge in [0.1, 0.15) is 6.10 Å². The number of hydrogen-bond acceptors (Lipinski definition) is 6. The summed E-state index contributed by atoms with van der Waals surface area (Å²) >= 11 is 1.52. The highest BCUT2D eigenvalue weighted by atomic mass is 32.1. The number of anilines is 1. The predicted octanol–water partition coefficient (Wildman–Crippen LogP) is 3.08. The van der Waals surface area contributed by atoms with E-state index in [4.69, 9.17) is 4.74 Å². The second kappa shape index (κ2) is 8.51. The monoisotopic (exact) mass is 391 g/mol. The molecule has 0 spiro atoms. The molecule has 2 aromatic rings. The van der Waals surface area contributed by atoms with Crippen molar-refractivity contribution in [3.05, 3.63) is 27.8 Å². The van der Waals surface area contributed by atoms with Gasteiger partial charge in [-0.05, 0) is 33.1 Å². The number of aryl methyl sites for hydroxylation is 1. The molecule has 9 heteroatoms. The fraction of sp³-hybridized carbons (Fsp3) is 0.556. The first-order chi connectivity index (χ1) is 12.9. The van der Waals surface area contributed by atoms with E-state index in [1.54, 1.807) is 18.1 Å². The van der Waals surface area contributed by atoms with Gasteiger partial charge in [0, 0.05) is 42.3 Å². The summed E-state index contributed by atoms with van der Waals surface area (Å²) in [4.78, 5) is 30.7. The standard InChI is InChI=1S/C18H25N5O3S/c1-4-23(3)18(25)26-13-6-5-12(7-13)15-9-16(22-21-15)20-17(24)8-14-10-19-11(2)27-14/h9-10,12-13H,4-8H2,1-3H3,(H2,20,21,22,24)/t12-,13+/m0/s1. The van der Waals surface area contributed by atoms with E-state index in [1.807, 2.05) is 19.9 Å². The van der Waals surface area contributed by atoms with Crippen LogP contribution in [-0.4, -0.2) is 51.8 Å². The van der Waals surface area contributed by atoms with Crippen LogP contribution in [0.15, 0.2) is 12.3 Å². The summed E-state index contributed by atoms with van der Waals surface area (Å²) in [5, 5.41) is 11.0. The fourth-order valence-corrected chi connectivity index (χ4v) is 3.93. The summed E-state index contributed by atoms with van der Waals surface area (Å²) in [5.74, 6) is 0.650. The Morgan fingerprint density at radius 2 is 2.26 bits per heavy atom. The molecule has 2 aromatic heterocycles. The number of nitrogens with one attached hydrogen (secondary N) is 2. The number of thiazole rings is 1. The molecule has 0 radical (unpaired) electrons. The van der Waals surface area contributed by atoms with Crippen LogP contribution in [0.25, 0.3) is 0 Å². The SMILES string of the molecule is CCN(C)C(=O)O[C@@H]1CC[C@H](c2cc(NC(=O)Cc3cnc(C)s3)n[nH]2)C1. The maximum Gasteiger partial charge on any atom is 0.409 e. The molecule has 1 saturated carbocycles. The maximum atomic E-state index is 12.1. The lowest BCUT2D eigenvalue weighted by Gasteiger charge is -2.18. The number of rotatable bonds is 6. The molecule has 2 heterocycles. The molecule has 2 amide bonds. The first kappa shape index (κ1) is 19.3. The quantitative estimate of drug-likeness (QED) is 0.788. The minimum absolute atomic E-state index is 0.0765. The molecule has 27 heavy (non-hydrogen) atoms. The van der Waals surface area contributed by atoms with Crippen LogP contribution in [0.5, 0.6) is 0 Å². The Morgan fingerprint density at radius 3 is 2.96 bits per heavy atom. The fourth-order valence-electron chi connectivity index (χ4n) is 3.13. The van der Waals surface area contributed by atoms with Crippen molar-refractivity contribution in [2.75, 3.05) is 18.9 Å². The minimum atomic E-state index is -0.279. The number of nitrogens with zero attached hydrogens (tertiary/aromatic N) is 3. The average Bonchev–Trinajstić information content (AvgIpc) is 3.36. The van der Waals surface area contributed by atoms with Crippen molar-refractivity contribution in [2.45, 2.75) is 51.6 Å². The van der Waals surface area contributed by atoms with Gasteiger partial charge >= 0.3 is 6.09 Å². The van der Waals surface area contributed by atoms with Gasteiger partial charge in [0.25, 0.3) is 0 Å². The molecule has 8 nitrogen and oxygen atoms in total. The summed E-state index contributed by atoms with van der Waals surface area (Å²) in [7, 11) is 1.73. The van der Waals surface area contributed by atoms with Crippen molar-refractivity contribution in [1.82, 2.24) is 20.1 Å². The van der Waals surface area contributed by atoms with E-state index in [1.165, 1.54) is 11.3 Å². The van der Waals surface area contributed by atoms with Crippen molar-refractivity contribution >= 4 is 29.2 Å². The molecule has 0 aliphatic heterocycles. The van der Waals surface area contributed by atoms with E-state index in [-0.39, 0.29) is 24.0 Å². The number of aromatic nitrogens is 3. The lowest BCUT2D eigenvalue weighted by molar-refractivity contribution is -0.115. The number of carbonyl (C=O) groups is 2. The van der Waals surface area contributed by atoms with Crippen LogP contribution in [0.4, 0.5) is 10.6 Å². The molecule has 3 rings (SSSR count). The first-order valence-corrected chi connectivity index (χ1v) is 9.94. The molecule has 2 atom stereocenters. The highest BCUT2D eigenvalue weighted by Gasteiger charge is 2.30. The van der Waals surface area contributed by atoms with Crippen molar-refractivity contribution in [1.29, 1.82) is 0 Å². The van der Waals surface area contributed by atoms with Gasteiger partial charge in [-0.1, -0.05) is 0 Å². The van der Waals surface area contributed by atoms with Crippen LogP contribution < -0.4 is 5.32 Å². The van der Waals surface area contributed by atoms with E-state index in [9.17, 15) is 9.59 Å². The molecule has 1 aliphatic carbocycles. The molecule has 0 saturated heterocycles. The zero-order valence-electron chi connectivity index (χ0n) is 15.8. The van der Waals surface area contributed by atoms with Crippen LogP contribution in [0, 0.1) is 6.92 Å². The van der Waals surface area contributed by atoms with Crippen LogP contribution in [0.2, 0.25) is 0 Å². The van der Waals surface area contributed by atoms with Gasteiger partial charge in [-0.15, -0.1) is 11.3 Å². The number of H-pyrrole nitrogens is 1. The molecule has 0 unspecified atom stereocenters. The summed E-state index contributed by atoms with van der Waals surface area (Å²) in [5.41, 5.74) is 0.960. The molecular formula is C18H25N5O3S. The topological polar surface area (TPSA) is 100 Å². The Kier molecular flexibility index (Phi) is 6.10. The van der Waals surface area contributed by atoms with Gasteiger partial charge in [0.15, 0.2) is 5.82 Å². The zero-order valence-corrected chi connectivity index (χ0v) is 16.6. The van der Waals surface area contributed by atoms with Crippen LogP contribution in [-0.2, 0) is 16.0 Å². The van der Waals surface area contributed by atoms with Gasteiger partial charge in [-0.3, -0.25) is 9.89 Å². The van der Waals surface area contributed by atoms with Gasteiger partial charge < -0.3 is 15.0 Å². The van der Waals surface area contributed by atoms with E-state index in [2.05, 4.69) is 20.5 Å². The van der Waals surface area contributed by atoms with E-state index >= 15 is 0 Å². The molecule has 146 valence electrons. The number of amides is 2. The van der Waals surface area contributed by atoms with Crippen molar-refractivity contribution in [3.63, 3.8) is 0 Å². The van der Waals surface area contributed by atoms with Crippen molar-refractivity contribution in [2.24, 2.45) is 0 Å². The second-order valence-corrected chi connectivity index (χ2v) is 8.13. The molecule has 0 aromatic carbocycles. The highest BCUT2D eigenvalue weighted by molar-refractivity contribution is 7.11. The Bertz CT molecular complexity index is 803. The third-order valence-electron chi connectivity index (χ3n) is 4.75. The molecule has 1 aliphatic rings. The highest BCUT2D eigenvalue weighted by Crippen LogP contribution is 2.36. The number of ether oxygens (including phenoxy) is 1. The van der Waals surface area contributed by atoms with Gasteiger partial charge in [0.2, 0.25) is 5.91 Å². The Labute approximate surface area is 162 Å². The molecular weight excluding hydrogens is 366 g/mol. The lowest BCUT2D eigenvalue weighted by atomic mass is 10.0. The summed E-state index contributed by atoms with van der Waals surface area (Å²) in [6.45, 7) is 4.45. The maximum absolute atomic E-state index is 12.1. The summed E-state index contributed by atoms with van der Waals surface area (Å²) < 4.78 is 5.53.